The van der Waals surface area contributed by atoms with Gasteiger partial charge in [-0.3, -0.25) is 4.79 Å². The molecule has 0 saturated carbocycles. The topological polar surface area (TPSA) is 51.3 Å². The molecule has 2 heterocycles. The van der Waals surface area contributed by atoms with Crippen LogP contribution >= 0.6 is 0 Å². The van der Waals surface area contributed by atoms with Crippen LogP contribution in [0.25, 0.3) is 17.1 Å². The van der Waals surface area contributed by atoms with Crippen molar-refractivity contribution in [2.45, 2.75) is 13.8 Å². The quantitative estimate of drug-likeness (QED) is 0.741. The zero-order valence-electron chi connectivity index (χ0n) is 13.5. The van der Waals surface area contributed by atoms with Crippen molar-refractivity contribution < 1.29 is 9.21 Å². The van der Waals surface area contributed by atoms with Crippen molar-refractivity contribution in [3.05, 3.63) is 60.0 Å². The lowest BCUT2D eigenvalue weighted by molar-refractivity contribution is 0.0803. The van der Waals surface area contributed by atoms with Gasteiger partial charge in [0.2, 0.25) is 0 Å². The summed E-state index contributed by atoms with van der Waals surface area (Å²) in [6, 6.07) is 13.4. The molecule has 118 valence electrons. The molecule has 0 bridgehead atoms. The lowest BCUT2D eigenvalue weighted by Crippen LogP contribution is -2.26. The SMILES string of the molecule is CCN(C)C(=O)c1cn(-c2ccccc2)nc1-c1ccc(C)o1. The Morgan fingerprint density at radius 1 is 1.22 bits per heavy atom. The number of carbonyl (C=O) groups excluding carboxylic acids is 1. The summed E-state index contributed by atoms with van der Waals surface area (Å²) in [6.07, 6.45) is 1.76. The molecule has 0 N–H and O–H groups in total. The molecule has 0 aliphatic heterocycles. The second kappa shape index (κ2) is 6.12. The molecule has 1 aromatic carbocycles. The maximum absolute atomic E-state index is 12.7. The predicted molar refractivity (Wildman–Crippen MR) is 88.6 cm³/mol. The van der Waals surface area contributed by atoms with Crippen LogP contribution in [0.3, 0.4) is 0 Å². The molecule has 0 atom stereocenters. The van der Waals surface area contributed by atoms with E-state index in [1.807, 2.05) is 56.3 Å². The third-order valence-corrected chi connectivity index (χ3v) is 3.76. The van der Waals surface area contributed by atoms with Gasteiger partial charge in [0.15, 0.2) is 5.76 Å². The highest BCUT2D eigenvalue weighted by Crippen LogP contribution is 2.26. The Hall–Kier alpha value is -2.82. The summed E-state index contributed by atoms with van der Waals surface area (Å²) in [4.78, 5) is 14.3. The summed E-state index contributed by atoms with van der Waals surface area (Å²) in [5, 5.41) is 4.58. The molecule has 0 fully saturated rings. The molecule has 0 unspecified atom stereocenters. The Bertz CT molecular complexity index is 818. The first kappa shape index (κ1) is 15.1. The van der Waals surface area contributed by atoms with Crippen molar-refractivity contribution in [3.8, 4) is 17.1 Å². The number of hydrogen-bond donors (Lipinski definition) is 0. The summed E-state index contributed by atoms with van der Waals surface area (Å²) in [7, 11) is 1.78. The van der Waals surface area contributed by atoms with Gasteiger partial charge in [-0.1, -0.05) is 18.2 Å². The zero-order chi connectivity index (χ0) is 16.4. The number of amides is 1. The third-order valence-electron chi connectivity index (χ3n) is 3.76. The summed E-state index contributed by atoms with van der Waals surface area (Å²) >= 11 is 0. The third kappa shape index (κ3) is 2.90. The number of aromatic nitrogens is 2. The van der Waals surface area contributed by atoms with Gasteiger partial charge in [0.05, 0.1) is 11.3 Å². The Kier molecular flexibility index (Phi) is 4.02. The maximum atomic E-state index is 12.7. The van der Waals surface area contributed by atoms with Crippen molar-refractivity contribution in [1.29, 1.82) is 0 Å². The first-order valence-electron chi connectivity index (χ1n) is 7.57. The summed E-state index contributed by atoms with van der Waals surface area (Å²) in [6.45, 7) is 4.44. The van der Waals surface area contributed by atoms with Crippen LogP contribution in [0.15, 0.2) is 53.1 Å². The van der Waals surface area contributed by atoms with E-state index in [9.17, 15) is 4.79 Å². The summed E-state index contributed by atoms with van der Waals surface area (Å²) in [5.74, 6) is 1.32. The maximum Gasteiger partial charge on any atom is 0.257 e. The van der Waals surface area contributed by atoms with E-state index >= 15 is 0 Å². The lowest BCUT2D eigenvalue weighted by atomic mass is 10.2. The number of benzene rings is 1. The molecule has 0 spiro atoms. The van der Waals surface area contributed by atoms with E-state index < -0.39 is 0 Å². The van der Waals surface area contributed by atoms with Gasteiger partial charge in [0.25, 0.3) is 5.91 Å². The Labute approximate surface area is 135 Å². The van der Waals surface area contributed by atoms with Crippen molar-refractivity contribution >= 4 is 5.91 Å². The van der Waals surface area contributed by atoms with Crippen molar-refractivity contribution in [2.24, 2.45) is 0 Å². The van der Waals surface area contributed by atoms with Crippen molar-refractivity contribution in [1.82, 2.24) is 14.7 Å². The van der Waals surface area contributed by atoms with Crippen LogP contribution in [0, 0.1) is 6.92 Å². The molecule has 0 aliphatic carbocycles. The molecule has 5 nitrogen and oxygen atoms in total. The number of nitrogens with zero attached hydrogens (tertiary/aromatic N) is 3. The zero-order valence-corrected chi connectivity index (χ0v) is 13.5. The van der Waals surface area contributed by atoms with Crippen LogP contribution < -0.4 is 0 Å². The molecule has 3 aromatic rings. The Balaban J connectivity index is 2.12. The molecule has 3 rings (SSSR count). The number of hydrogen-bond acceptors (Lipinski definition) is 3. The lowest BCUT2D eigenvalue weighted by Gasteiger charge is -2.13. The standard InChI is InChI=1S/C18H19N3O2/c1-4-20(3)18(22)15-12-21(14-8-6-5-7-9-14)19-17(15)16-11-10-13(2)23-16/h5-12H,4H2,1-3H3. The highest BCUT2D eigenvalue weighted by molar-refractivity contribution is 5.99. The Morgan fingerprint density at radius 3 is 2.57 bits per heavy atom. The van der Waals surface area contributed by atoms with E-state index in [0.29, 0.717) is 23.6 Å². The van der Waals surface area contributed by atoms with E-state index in [1.165, 1.54) is 0 Å². The van der Waals surface area contributed by atoms with Gasteiger partial charge in [0, 0.05) is 19.8 Å². The van der Waals surface area contributed by atoms with E-state index in [1.54, 1.807) is 22.8 Å². The summed E-state index contributed by atoms with van der Waals surface area (Å²) in [5.41, 5.74) is 2.00. The largest absolute Gasteiger partial charge is 0.460 e. The number of aryl methyl sites for hydroxylation is 1. The predicted octanol–water partition coefficient (Wildman–Crippen LogP) is 3.53. The first-order chi connectivity index (χ1) is 11.1. The van der Waals surface area contributed by atoms with Gasteiger partial charge in [-0.15, -0.1) is 0 Å². The number of carbonyl (C=O) groups is 1. The molecule has 2 aromatic heterocycles. The van der Waals surface area contributed by atoms with Gasteiger partial charge < -0.3 is 9.32 Å². The van der Waals surface area contributed by atoms with Gasteiger partial charge >= 0.3 is 0 Å². The monoisotopic (exact) mass is 309 g/mol. The van der Waals surface area contributed by atoms with E-state index in [4.69, 9.17) is 4.42 Å². The first-order valence-corrected chi connectivity index (χ1v) is 7.57. The normalized spacial score (nSPS) is 10.7. The van der Waals surface area contributed by atoms with E-state index in [2.05, 4.69) is 5.10 Å². The minimum Gasteiger partial charge on any atom is -0.460 e. The number of para-hydroxylation sites is 1. The molecule has 0 aliphatic rings. The number of furan rings is 1. The molecule has 0 radical (unpaired) electrons. The van der Waals surface area contributed by atoms with Gasteiger partial charge in [-0.25, -0.2) is 4.68 Å². The van der Waals surface area contributed by atoms with Crippen molar-refractivity contribution in [2.75, 3.05) is 13.6 Å². The number of rotatable bonds is 4. The van der Waals surface area contributed by atoms with Crippen LogP contribution in [0.2, 0.25) is 0 Å². The fourth-order valence-corrected chi connectivity index (χ4v) is 2.34. The van der Waals surface area contributed by atoms with Crippen LogP contribution in [-0.2, 0) is 0 Å². The fraction of sp³-hybridized carbons (Fsp3) is 0.222. The van der Waals surface area contributed by atoms with Gasteiger partial charge in [-0.05, 0) is 38.1 Å². The van der Waals surface area contributed by atoms with Crippen molar-refractivity contribution in [3.63, 3.8) is 0 Å². The summed E-state index contributed by atoms with van der Waals surface area (Å²) < 4.78 is 7.39. The minimum absolute atomic E-state index is 0.0706. The Morgan fingerprint density at radius 2 is 1.96 bits per heavy atom. The van der Waals surface area contributed by atoms with Crippen LogP contribution in [0.5, 0.6) is 0 Å². The highest BCUT2D eigenvalue weighted by atomic mass is 16.3. The molecule has 1 amide bonds. The van der Waals surface area contributed by atoms with Crippen LogP contribution in [-0.4, -0.2) is 34.2 Å². The molecule has 5 heteroatoms. The van der Waals surface area contributed by atoms with E-state index in [-0.39, 0.29) is 5.91 Å². The molecule has 0 saturated heterocycles. The minimum atomic E-state index is -0.0706. The van der Waals surface area contributed by atoms with E-state index in [0.717, 1.165) is 11.4 Å². The van der Waals surface area contributed by atoms with Crippen LogP contribution in [0.1, 0.15) is 23.0 Å². The second-order valence-corrected chi connectivity index (χ2v) is 5.40. The highest BCUT2D eigenvalue weighted by Gasteiger charge is 2.22. The van der Waals surface area contributed by atoms with Gasteiger partial charge in [0.1, 0.15) is 11.5 Å². The smallest absolute Gasteiger partial charge is 0.257 e. The second-order valence-electron chi connectivity index (χ2n) is 5.40. The fourth-order valence-electron chi connectivity index (χ4n) is 2.34. The average molecular weight is 309 g/mol. The molecule has 23 heavy (non-hydrogen) atoms. The molecular formula is C18H19N3O2. The average Bonchev–Trinajstić information content (AvgIpc) is 3.20. The van der Waals surface area contributed by atoms with Gasteiger partial charge in [-0.2, -0.15) is 5.10 Å². The van der Waals surface area contributed by atoms with Crippen LogP contribution in [0.4, 0.5) is 0 Å². The molecular weight excluding hydrogens is 290 g/mol.